The van der Waals surface area contributed by atoms with E-state index in [1.807, 2.05) is 43.3 Å². The molecule has 3 rings (SSSR count). The maximum absolute atomic E-state index is 12.1. The first-order valence-corrected chi connectivity index (χ1v) is 6.42. The summed E-state index contributed by atoms with van der Waals surface area (Å²) in [5.41, 5.74) is 2.42. The highest BCUT2D eigenvalue weighted by atomic mass is 16.1. The third kappa shape index (κ3) is 1.67. The highest BCUT2D eigenvalue weighted by Crippen LogP contribution is 2.50. The molecule has 0 radical (unpaired) electrons. The molecule has 0 saturated heterocycles. The fourth-order valence-corrected chi connectivity index (χ4v) is 3.00. The summed E-state index contributed by atoms with van der Waals surface area (Å²) < 4.78 is 0. The van der Waals surface area contributed by atoms with Crippen LogP contribution in [0.15, 0.2) is 60.7 Å². The monoisotopic (exact) mass is 236 g/mol. The molecule has 0 amide bonds. The van der Waals surface area contributed by atoms with E-state index in [-0.39, 0.29) is 11.8 Å². The molecule has 3 unspecified atom stereocenters. The second-order valence-corrected chi connectivity index (χ2v) is 5.02. The number of hydrogen-bond acceptors (Lipinski definition) is 1. The summed E-state index contributed by atoms with van der Waals surface area (Å²) in [7, 11) is 0. The van der Waals surface area contributed by atoms with Gasteiger partial charge in [0.2, 0.25) is 0 Å². The molecule has 1 saturated carbocycles. The lowest BCUT2D eigenvalue weighted by molar-refractivity contribution is -0.132. The van der Waals surface area contributed by atoms with Crippen LogP contribution in [0.3, 0.4) is 0 Å². The van der Waals surface area contributed by atoms with Crippen LogP contribution in [0, 0.1) is 5.92 Å². The van der Waals surface area contributed by atoms with Gasteiger partial charge in [0.15, 0.2) is 0 Å². The zero-order valence-corrected chi connectivity index (χ0v) is 10.4. The van der Waals surface area contributed by atoms with Gasteiger partial charge in [0.25, 0.3) is 0 Å². The van der Waals surface area contributed by atoms with Gasteiger partial charge in [-0.3, -0.25) is 4.79 Å². The Morgan fingerprint density at radius 1 is 0.778 bits per heavy atom. The summed E-state index contributed by atoms with van der Waals surface area (Å²) in [4.78, 5) is 12.1. The molecule has 0 aliphatic heterocycles. The largest absolute Gasteiger partial charge is 0.299 e. The molecule has 1 aliphatic rings. The Kier molecular flexibility index (Phi) is 2.75. The van der Waals surface area contributed by atoms with Gasteiger partial charge in [-0.25, -0.2) is 0 Å². The molecule has 0 N–H and O–H groups in total. The standard InChI is InChI=1S/C17H16O/c1-12-15(13-8-4-2-5-9-13)16(17(12)18)14-10-6-3-7-11-14/h2-12,15-16H,1H3. The second-order valence-electron chi connectivity index (χ2n) is 5.02. The minimum absolute atomic E-state index is 0.0450. The van der Waals surface area contributed by atoms with Crippen molar-refractivity contribution in [1.82, 2.24) is 0 Å². The Morgan fingerprint density at radius 3 is 1.83 bits per heavy atom. The van der Waals surface area contributed by atoms with E-state index in [0.29, 0.717) is 11.7 Å². The highest BCUT2D eigenvalue weighted by Gasteiger charge is 2.47. The number of carbonyl (C=O) groups excluding carboxylic acids is 1. The van der Waals surface area contributed by atoms with E-state index in [1.54, 1.807) is 0 Å². The van der Waals surface area contributed by atoms with Crippen LogP contribution >= 0.6 is 0 Å². The molecule has 1 aliphatic carbocycles. The average molecular weight is 236 g/mol. The van der Waals surface area contributed by atoms with Crippen LogP contribution < -0.4 is 0 Å². The number of ketones is 1. The van der Waals surface area contributed by atoms with Gasteiger partial charge in [-0.15, -0.1) is 0 Å². The lowest BCUT2D eigenvalue weighted by atomic mass is 9.59. The van der Waals surface area contributed by atoms with Gasteiger partial charge in [-0.1, -0.05) is 67.6 Å². The first-order chi connectivity index (χ1) is 8.79. The van der Waals surface area contributed by atoms with E-state index in [9.17, 15) is 4.79 Å². The first-order valence-electron chi connectivity index (χ1n) is 6.42. The van der Waals surface area contributed by atoms with Crippen molar-refractivity contribution in [3.63, 3.8) is 0 Å². The molecule has 0 heterocycles. The summed E-state index contributed by atoms with van der Waals surface area (Å²) >= 11 is 0. The van der Waals surface area contributed by atoms with Crippen LogP contribution in [0.2, 0.25) is 0 Å². The molecule has 1 heteroatoms. The lowest BCUT2D eigenvalue weighted by Crippen LogP contribution is -2.42. The number of Topliss-reactive ketones (excluding diaryl/α,β-unsaturated/α-hetero) is 1. The Bertz CT molecular complexity index is 544. The molecule has 1 fully saturated rings. The molecular weight excluding hydrogens is 220 g/mol. The minimum Gasteiger partial charge on any atom is -0.299 e. The summed E-state index contributed by atoms with van der Waals surface area (Å²) in [6.07, 6.45) is 0. The minimum atomic E-state index is 0.0450. The second kappa shape index (κ2) is 4.41. The zero-order valence-electron chi connectivity index (χ0n) is 10.4. The van der Waals surface area contributed by atoms with E-state index in [4.69, 9.17) is 0 Å². The zero-order chi connectivity index (χ0) is 12.5. The maximum atomic E-state index is 12.1. The van der Waals surface area contributed by atoms with Crippen LogP contribution in [0.5, 0.6) is 0 Å². The van der Waals surface area contributed by atoms with Crippen molar-refractivity contribution in [1.29, 1.82) is 0 Å². The summed E-state index contributed by atoms with van der Waals surface area (Å²) in [5.74, 6) is 0.886. The normalized spacial score (nSPS) is 26.7. The quantitative estimate of drug-likeness (QED) is 0.775. The molecule has 0 bridgehead atoms. The predicted octanol–water partition coefficient (Wildman–Crippen LogP) is 3.77. The Morgan fingerprint density at radius 2 is 1.28 bits per heavy atom. The fourth-order valence-electron chi connectivity index (χ4n) is 3.00. The van der Waals surface area contributed by atoms with Gasteiger partial charge in [0, 0.05) is 11.8 Å². The highest BCUT2D eigenvalue weighted by molar-refractivity contribution is 5.96. The third-order valence-corrected chi connectivity index (χ3v) is 4.00. The van der Waals surface area contributed by atoms with Crippen LogP contribution in [0.4, 0.5) is 0 Å². The van der Waals surface area contributed by atoms with Crippen LogP contribution in [-0.2, 0) is 4.79 Å². The average Bonchev–Trinajstić information content (AvgIpc) is 2.45. The fraction of sp³-hybridized carbons (Fsp3) is 0.235. The number of rotatable bonds is 2. The van der Waals surface area contributed by atoms with E-state index in [1.165, 1.54) is 5.56 Å². The summed E-state index contributed by atoms with van der Waals surface area (Å²) in [6.45, 7) is 2.04. The van der Waals surface area contributed by atoms with Crippen molar-refractivity contribution in [3.8, 4) is 0 Å². The van der Waals surface area contributed by atoms with Crippen LogP contribution in [0.1, 0.15) is 29.9 Å². The molecule has 90 valence electrons. The molecular formula is C17H16O. The van der Waals surface area contributed by atoms with E-state index in [0.717, 1.165) is 5.56 Å². The molecule has 3 atom stereocenters. The van der Waals surface area contributed by atoms with Gasteiger partial charge in [0.1, 0.15) is 5.78 Å². The van der Waals surface area contributed by atoms with E-state index in [2.05, 4.69) is 24.3 Å². The topological polar surface area (TPSA) is 17.1 Å². The Balaban J connectivity index is 1.97. The van der Waals surface area contributed by atoms with Gasteiger partial charge in [-0.2, -0.15) is 0 Å². The molecule has 1 nitrogen and oxygen atoms in total. The molecule has 2 aromatic rings. The smallest absolute Gasteiger partial charge is 0.144 e. The number of carbonyl (C=O) groups is 1. The van der Waals surface area contributed by atoms with Crippen molar-refractivity contribution in [3.05, 3.63) is 71.8 Å². The summed E-state index contributed by atoms with van der Waals surface area (Å²) in [6, 6.07) is 20.5. The third-order valence-electron chi connectivity index (χ3n) is 4.00. The van der Waals surface area contributed by atoms with Crippen molar-refractivity contribution < 1.29 is 4.79 Å². The van der Waals surface area contributed by atoms with Gasteiger partial charge < -0.3 is 0 Å². The SMILES string of the molecule is CC1C(=O)C(c2ccccc2)C1c1ccccc1. The van der Waals surface area contributed by atoms with Crippen molar-refractivity contribution in [2.75, 3.05) is 0 Å². The molecule has 0 spiro atoms. The predicted molar refractivity (Wildman–Crippen MR) is 72.5 cm³/mol. The van der Waals surface area contributed by atoms with Crippen LogP contribution in [0.25, 0.3) is 0 Å². The Hall–Kier alpha value is -1.89. The van der Waals surface area contributed by atoms with Crippen LogP contribution in [-0.4, -0.2) is 5.78 Å². The van der Waals surface area contributed by atoms with Crippen molar-refractivity contribution >= 4 is 5.78 Å². The van der Waals surface area contributed by atoms with Gasteiger partial charge in [-0.05, 0) is 11.1 Å². The van der Waals surface area contributed by atoms with Gasteiger partial charge >= 0.3 is 0 Å². The number of hydrogen-bond donors (Lipinski definition) is 0. The van der Waals surface area contributed by atoms with E-state index >= 15 is 0 Å². The first kappa shape index (κ1) is 11.2. The van der Waals surface area contributed by atoms with Crippen molar-refractivity contribution in [2.45, 2.75) is 18.8 Å². The molecule has 18 heavy (non-hydrogen) atoms. The summed E-state index contributed by atoms with van der Waals surface area (Å²) in [5, 5.41) is 0. The Labute approximate surface area is 107 Å². The molecule has 0 aromatic heterocycles. The van der Waals surface area contributed by atoms with Gasteiger partial charge in [0.05, 0.1) is 5.92 Å². The maximum Gasteiger partial charge on any atom is 0.144 e. The lowest BCUT2D eigenvalue weighted by Gasteiger charge is -2.42. The van der Waals surface area contributed by atoms with Crippen molar-refractivity contribution in [2.24, 2.45) is 5.92 Å². The molecule has 2 aromatic carbocycles. The number of benzene rings is 2. The van der Waals surface area contributed by atoms with E-state index < -0.39 is 0 Å².